The molecule has 2 aromatic rings. The Kier molecular flexibility index (Phi) is 7.83. The maximum Gasteiger partial charge on any atom is 0.329 e. The number of carbonyl (C=O) groups is 4. The van der Waals surface area contributed by atoms with Gasteiger partial charge in [0.25, 0.3) is 17.7 Å². The molecule has 1 aromatic heterocycles. The maximum atomic E-state index is 13.7. The lowest BCUT2D eigenvalue weighted by Gasteiger charge is -2.07. The van der Waals surface area contributed by atoms with Crippen LogP contribution in [-0.4, -0.2) is 35.2 Å². The molecule has 0 spiro atoms. The zero-order valence-corrected chi connectivity index (χ0v) is 19.3. The third-order valence-electron chi connectivity index (χ3n) is 5.43. The number of anilines is 1. The Morgan fingerprint density at radius 3 is 2.65 bits per heavy atom. The number of fused-ring (bicyclic) bond motifs is 1. The summed E-state index contributed by atoms with van der Waals surface area (Å²) in [5.74, 6) is -1.98. The first-order valence-electron chi connectivity index (χ1n) is 10.9. The first-order valence-corrected chi connectivity index (χ1v) is 10.9. The second kappa shape index (κ2) is 10.8. The second-order valence-electron chi connectivity index (χ2n) is 8.05. The summed E-state index contributed by atoms with van der Waals surface area (Å²) < 4.78 is 13.7. The number of aryl methyl sites for hydroxylation is 1. The molecule has 1 aliphatic rings. The molecule has 3 rings (SSSR count). The monoisotopic (exact) mass is 470 g/mol. The van der Waals surface area contributed by atoms with Crippen LogP contribution >= 0.6 is 0 Å². The quantitative estimate of drug-likeness (QED) is 0.268. The Hall–Kier alpha value is -3.95. The average Bonchev–Trinajstić information content (AvgIpc) is 3.23. The molecule has 9 nitrogen and oxygen atoms in total. The van der Waals surface area contributed by atoms with Gasteiger partial charge in [0, 0.05) is 42.5 Å². The molecule has 0 unspecified atom stereocenters. The van der Waals surface area contributed by atoms with Crippen LogP contribution in [0.4, 0.5) is 10.1 Å². The molecule has 0 atom stereocenters. The van der Waals surface area contributed by atoms with Gasteiger partial charge in [0.05, 0.1) is 11.1 Å². The van der Waals surface area contributed by atoms with E-state index in [0.717, 1.165) is 0 Å². The van der Waals surface area contributed by atoms with Gasteiger partial charge in [0.15, 0.2) is 0 Å². The molecule has 34 heavy (non-hydrogen) atoms. The van der Waals surface area contributed by atoms with E-state index in [9.17, 15) is 23.6 Å². The lowest BCUT2D eigenvalue weighted by molar-refractivity contribution is -0.156. The van der Waals surface area contributed by atoms with Crippen molar-refractivity contribution in [2.24, 2.45) is 0 Å². The van der Waals surface area contributed by atoms with E-state index < -0.39 is 11.8 Å². The van der Waals surface area contributed by atoms with Gasteiger partial charge in [-0.15, -0.1) is 0 Å². The summed E-state index contributed by atoms with van der Waals surface area (Å²) in [6.45, 7) is 5.18. The van der Waals surface area contributed by atoms with Crippen molar-refractivity contribution < 1.29 is 28.4 Å². The highest BCUT2D eigenvalue weighted by molar-refractivity contribution is 6.34. The van der Waals surface area contributed by atoms with Gasteiger partial charge in [-0.1, -0.05) is 6.42 Å². The number of H-pyrrole nitrogens is 1. The number of benzene rings is 1. The standard InChI is InChI=1S/C24H27FN4O5/c1-13-20(12-18-17-11-16(25)8-9-19(17)28-23(18)32)27-14(2)22(13)24(33)26-10-6-4-5-7-21(31)29-34-15(3)30/h8-9,11-12,27H,4-7,10H2,1-3H3,(H,26,33)(H,28,32)(H,29,31)/b18-12-. The van der Waals surface area contributed by atoms with Crippen LogP contribution in [0, 0.1) is 19.7 Å². The summed E-state index contributed by atoms with van der Waals surface area (Å²) in [6.07, 6.45) is 3.82. The number of hydrogen-bond donors (Lipinski definition) is 4. The number of amides is 3. The van der Waals surface area contributed by atoms with Crippen molar-refractivity contribution in [1.29, 1.82) is 0 Å². The first-order chi connectivity index (χ1) is 16.2. The number of aromatic amines is 1. The zero-order valence-electron chi connectivity index (χ0n) is 19.3. The molecular weight excluding hydrogens is 443 g/mol. The number of carbonyl (C=O) groups excluding carboxylic acids is 4. The second-order valence-corrected chi connectivity index (χ2v) is 8.05. The van der Waals surface area contributed by atoms with Gasteiger partial charge in [-0.25, -0.2) is 4.39 Å². The molecule has 3 amide bonds. The van der Waals surface area contributed by atoms with Crippen LogP contribution in [0.25, 0.3) is 11.6 Å². The largest absolute Gasteiger partial charge is 0.358 e. The average molecular weight is 471 g/mol. The molecule has 0 saturated carbocycles. The Labute approximate surface area is 196 Å². The fraction of sp³-hybridized carbons (Fsp3) is 0.333. The number of aromatic nitrogens is 1. The van der Waals surface area contributed by atoms with Gasteiger partial charge < -0.3 is 20.5 Å². The van der Waals surface area contributed by atoms with Crippen LogP contribution in [0.5, 0.6) is 0 Å². The summed E-state index contributed by atoms with van der Waals surface area (Å²) >= 11 is 0. The number of halogens is 1. The smallest absolute Gasteiger partial charge is 0.329 e. The normalized spacial score (nSPS) is 13.4. The number of nitrogens with one attached hydrogen (secondary N) is 4. The van der Waals surface area contributed by atoms with Crippen LogP contribution in [0.15, 0.2) is 18.2 Å². The van der Waals surface area contributed by atoms with Gasteiger partial charge >= 0.3 is 5.97 Å². The molecule has 10 heteroatoms. The van der Waals surface area contributed by atoms with E-state index in [0.29, 0.717) is 65.1 Å². The summed E-state index contributed by atoms with van der Waals surface area (Å²) in [5, 5.41) is 5.58. The van der Waals surface area contributed by atoms with E-state index in [1.165, 1.54) is 25.1 Å². The predicted octanol–water partition coefficient (Wildman–Crippen LogP) is 3.15. The van der Waals surface area contributed by atoms with E-state index in [1.807, 2.05) is 0 Å². The number of hydroxylamine groups is 1. The Morgan fingerprint density at radius 1 is 1.15 bits per heavy atom. The maximum absolute atomic E-state index is 13.7. The zero-order chi connectivity index (χ0) is 24.8. The third-order valence-corrected chi connectivity index (χ3v) is 5.43. The van der Waals surface area contributed by atoms with Gasteiger partial charge in [0.2, 0.25) is 0 Å². The van der Waals surface area contributed by atoms with Gasteiger partial charge in [-0.3, -0.25) is 19.2 Å². The number of unbranched alkanes of at least 4 members (excludes halogenated alkanes) is 2. The fourth-order valence-corrected chi connectivity index (χ4v) is 3.76. The lowest BCUT2D eigenvalue weighted by atomic mass is 10.0. The van der Waals surface area contributed by atoms with Crippen molar-refractivity contribution in [3.63, 3.8) is 0 Å². The molecule has 1 aromatic carbocycles. The van der Waals surface area contributed by atoms with E-state index in [2.05, 4.69) is 25.9 Å². The predicted molar refractivity (Wildman–Crippen MR) is 124 cm³/mol. The molecule has 0 aliphatic carbocycles. The Balaban J connectivity index is 1.57. The highest BCUT2D eigenvalue weighted by atomic mass is 19.1. The van der Waals surface area contributed by atoms with Crippen LogP contribution in [0.3, 0.4) is 0 Å². The summed E-state index contributed by atoms with van der Waals surface area (Å²) in [4.78, 5) is 54.8. The molecule has 1 aliphatic heterocycles. The van der Waals surface area contributed by atoms with Gasteiger partial charge in [-0.05, 0) is 56.5 Å². The first kappa shape index (κ1) is 24.7. The van der Waals surface area contributed by atoms with E-state index >= 15 is 0 Å². The van der Waals surface area contributed by atoms with Crippen molar-refractivity contribution in [1.82, 2.24) is 15.8 Å². The van der Waals surface area contributed by atoms with Crippen LogP contribution < -0.4 is 16.1 Å². The van der Waals surface area contributed by atoms with Crippen LogP contribution in [0.1, 0.15) is 65.5 Å². The van der Waals surface area contributed by atoms with E-state index in [1.54, 1.807) is 19.9 Å². The lowest BCUT2D eigenvalue weighted by Crippen LogP contribution is -2.26. The number of rotatable bonds is 8. The van der Waals surface area contributed by atoms with Crippen molar-refractivity contribution >= 4 is 41.0 Å². The Bertz CT molecular complexity index is 1170. The van der Waals surface area contributed by atoms with Crippen LogP contribution in [-0.2, 0) is 19.2 Å². The van der Waals surface area contributed by atoms with E-state index in [4.69, 9.17) is 0 Å². The summed E-state index contributed by atoms with van der Waals surface area (Å²) in [6, 6.07) is 4.10. The SMILES string of the molecule is CC(=O)ONC(=O)CCCCCNC(=O)c1c(C)[nH]c(/C=C2\C(=O)Nc3ccc(F)cc32)c1C. The summed E-state index contributed by atoms with van der Waals surface area (Å²) in [5.41, 5.74) is 5.82. The molecule has 0 saturated heterocycles. The third kappa shape index (κ3) is 5.89. The van der Waals surface area contributed by atoms with Gasteiger partial charge in [-0.2, -0.15) is 5.48 Å². The van der Waals surface area contributed by atoms with Crippen molar-refractivity contribution in [2.45, 2.75) is 46.5 Å². The summed E-state index contributed by atoms with van der Waals surface area (Å²) in [7, 11) is 0. The molecule has 180 valence electrons. The Morgan fingerprint density at radius 2 is 1.91 bits per heavy atom. The molecule has 0 radical (unpaired) electrons. The minimum Gasteiger partial charge on any atom is -0.358 e. The molecular formula is C24H27FN4O5. The van der Waals surface area contributed by atoms with E-state index in [-0.39, 0.29) is 24.1 Å². The van der Waals surface area contributed by atoms with Gasteiger partial charge in [0.1, 0.15) is 5.82 Å². The fourth-order valence-electron chi connectivity index (χ4n) is 3.76. The van der Waals surface area contributed by atoms with Crippen molar-refractivity contribution in [3.8, 4) is 0 Å². The highest BCUT2D eigenvalue weighted by Crippen LogP contribution is 2.34. The topological polar surface area (TPSA) is 129 Å². The van der Waals surface area contributed by atoms with Crippen LogP contribution in [0.2, 0.25) is 0 Å². The molecule has 2 heterocycles. The van der Waals surface area contributed by atoms with Crippen molar-refractivity contribution in [2.75, 3.05) is 11.9 Å². The minimum atomic E-state index is -0.587. The molecule has 0 fully saturated rings. The molecule has 0 bridgehead atoms. The number of hydrogen-bond acceptors (Lipinski definition) is 5. The molecule has 4 N–H and O–H groups in total. The minimum absolute atomic E-state index is 0.218. The van der Waals surface area contributed by atoms with Crippen molar-refractivity contribution in [3.05, 3.63) is 52.1 Å². The highest BCUT2D eigenvalue weighted by Gasteiger charge is 2.26.